The van der Waals surface area contributed by atoms with E-state index in [1.165, 1.54) is 20.3 Å². The van der Waals surface area contributed by atoms with Gasteiger partial charge in [0.1, 0.15) is 0 Å². The second kappa shape index (κ2) is 6.67. The number of ether oxygens (including phenoxy) is 3. The Balaban J connectivity index is 1.88. The summed E-state index contributed by atoms with van der Waals surface area (Å²) in [5, 5.41) is 0. The smallest absolute Gasteiger partial charge is 0.243 e. The summed E-state index contributed by atoms with van der Waals surface area (Å²) >= 11 is 0. The molecule has 1 aliphatic carbocycles. The van der Waals surface area contributed by atoms with E-state index in [1.54, 1.807) is 16.4 Å². The third-order valence-electron chi connectivity index (χ3n) is 4.38. The molecule has 0 N–H and O–H groups in total. The molecule has 1 aromatic carbocycles. The second-order valence-corrected chi connectivity index (χ2v) is 7.94. The molecule has 2 fully saturated rings. The molecular weight excluding hydrogens is 318 g/mol. The summed E-state index contributed by atoms with van der Waals surface area (Å²) in [5.41, 5.74) is 0. The highest BCUT2D eigenvalue weighted by molar-refractivity contribution is 7.89. The maximum absolute atomic E-state index is 13.1. The fraction of sp³-hybridized carbons (Fsp3) is 0.625. The predicted molar refractivity (Wildman–Crippen MR) is 85.4 cm³/mol. The average molecular weight is 341 g/mol. The molecule has 128 valence electrons. The summed E-state index contributed by atoms with van der Waals surface area (Å²) in [5.74, 6) is 1.23. The van der Waals surface area contributed by atoms with Gasteiger partial charge in [-0.2, -0.15) is 4.31 Å². The van der Waals surface area contributed by atoms with Gasteiger partial charge < -0.3 is 14.2 Å². The minimum absolute atomic E-state index is 0.119. The van der Waals surface area contributed by atoms with Crippen LogP contribution in [-0.4, -0.2) is 52.7 Å². The molecule has 2 aliphatic rings. The van der Waals surface area contributed by atoms with Gasteiger partial charge in [-0.25, -0.2) is 8.42 Å². The van der Waals surface area contributed by atoms with Crippen LogP contribution in [0.3, 0.4) is 0 Å². The van der Waals surface area contributed by atoms with Crippen molar-refractivity contribution >= 4 is 10.0 Å². The Kier molecular flexibility index (Phi) is 4.79. The lowest BCUT2D eigenvalue weighted by atomic mass is 10.1. The topological polar surface area (TPSA) is 65.1 Å². The van der Waals surface area contributed by atoms with Crippen LogP contribution in [0.1, 0.15) is 19.3 Å². The number of methoxy groups -OCH3 is 2. The number of nitrogens with zero attached hydrogens (tertiary/aromatic N) is 1. The molecule has 0 aromatic heterocycles. The largest absolute Gasteiger partial charge is 0.493 e. The number of hydrogen-bond acceptors (Lipinski definition) is 5. The van der Waals surface area contributed by atoms with Crippen molar-refractivity contribution in [1.82, 2.24) is 4.31 Å². The molecule has 1 unspecified atom stereocenters. The number of benzene rings is 1. The lowest BCUT2D eigenvalue weighted by Crippen LogP contribution is -2.37. The first-order valence-corrected chi connectivity index (χ1v) is 9.32. The molecule has 1 saturated heterocycles. The summed E-state index contributed by atoms with van der Waals surface area (Å²) in [6, 6.07) is 4.87. The molecule has 3 rings (SSSR count). The van der Waals surface area contributed by atoms with E-state index in [9.17, 15) is 8.42 Å². The van der Waals surface area contributed by atoms with Crippen LogP contribution in [0.15, 0.2) is 23.1 Å². The lowest BCUT2D eigenvalue weighted by molar-refractivity contribution is 0.180. The predicted octanol–water partition coefficient (Wildman–Crippen LogP) is 1.89. The third kappa shape index (κ3) is 3.46. The van der Waals surface area contributed by atoms with E-state index in [1.807, 2.05) is 0 Å². The van der Waals surface area contributed by atoms with Crippen LogP contribution in [0.25, 0.3) is 0 Å². The van der Waals surface area contributed by atoms with Gasteiger partial charge in [-0.05, 0) is 37.3 Å². The normalized spacial score (nSPS) is 21.6. The van der Waals surface area contributed by atoms with Gasteiger partial charge in [-0.15, -0.1) is 0 Å². The zero-order valence-electron chi connectivity index (χ0n) is 13.5. The van der Waals surface area contributed by atoms with Gasteiger partial charge >= 0.3 is 0 Å². The van der Waals surface area contributed by atoms with E-state index in [0.29, 0.717) is 24.7 Å². The van der Waals surface area contributed by atoms with E-state index in [2.05, 4.69) is 0 Å². The van der Waals surface area contributed by atoms with E-state index < -0.39 is 10.0 Å². The van der Waals surface area contributed by atoms with Crippen LogP contribution in [-0.2, 0) is 14.8 Å². The number of rotatable bonds is 7. The lowest BCUT2D eigenvalue weighted by Gasteiger charge is -2.24. The Morgan fingerprint density at radius 1 is 1.17 bits per heavy atom. The second-order valence-electron chi connectivity index (χ2n) is 6.05. The molecule has 7 heteroatoms. The van der Waals surface area contributed by atoms with Gasteiger partial charge in [-0.3, -0.25) is 0 Å². The maximum Gasteiger partial charge on any atom is 0.243 e. The van der Waals surface area contributed by atoms with E-state index in [-0.39, 0.29) is 16.9 Å². The summed E-state index contributed by atoms with van der Waals surface area (Å²) in [7, 11) is -0.508. The van der Waals surface area contributed by atoms with E-state index in [0.717, 1.165) is 25.9 Å². The van der Waals surface area contributed by atoms with Gasteiger partial charge in [0.15, 0.2) is 11.5 Å². The van der Waals surface area contributed by atoms with Crippen molar-refractivity contribution in [3.05, 3.63) is 18.2 Å². The molecule has 1 heterocycles. The molecule has 23 heavy (non-hydrogen) atoms. The maximum atomic E-state index is 13.1. The third-order valence-corrected chi connectivity index (χ3v) is 6.29. The van der Waals surface area contributed by atoms with Crippen molar-refractivity contribution in [1.29, 1.82) is 0 Å². The van der Waals surface area contributed by atoms with E-state index in [4.69, 9.17) is 14.2 Å². The van der Waals surface area contributed by atoms with Crippen LogP contribution in [0, 0.1) is 5.92 Å². The molecule has 1 atom stereocenters. The zero-order valence-corrected chi connectivity index (χ0v) is 14.3. The Morgan fingerprint density at radius 2 is 1.91 bits per heavy atom. The first-order chi connectivity index (χ1) is 11.1. The first kappa shape index (κ1) is 16.5. The minimum Gasteiger partial charge on any atom is -0.493 e. The van der Waals surface area contributed by atoms with Gasteiger partial charge in [-0.1, -0.05) is 0 Å². The van der Waals surface area contributed by atoms with Crippen molar-refractivity contribution < 1.29 is 22.6 Å². The summed E-state index contributed by atoms with van der Waals surface area (Å²) in [6.45, 7) is 1.89. The SMILES string of the molecule is COc1ccc(S(=O)(=O)N(CC2CCOC2)C2CC2)cc1OC. The van der Waals surface area contributed by atoms with Crippen molar-refractivity contribution in [2.45, 2.75) is 30.2 Å². The molecule has 1 saturated carbocycles. The molecule has 0 spiro atoms. The van der Waals surface area contributed by atoms with Gasteiger partial charge in [0.05, 0.1) is 25.7 Å². The fourth-order valence-corrected chi connectivity index (χ4v) is 4.68. The Labute approximate surface area is 137 Å². The summed E-state index contributed by atoms with van der Waals surface area (Å²) in [4.78, 5) is 0.251. The molecular formula is C16H23NO5S. The van der Waals surface area contributed by atoms with Crippen molar-refractivity contribution in [2.75, 3.05) is 34.0 Å². The number of hydrogen-bond donors (Lipinski definition) is 0. The van der Waals surface area contributed by atoms with Crippen molar-refractivity contribution in [2.24, 2.45) is 5.92 Å². The van der Waals surface area contributed by atoms with Crippen LogP contribution in [0.2, 0.25) is 0 Å². The zero-order chi connectivity index (χ0) is 16.4. The highest BCUT2D eigenvalue weighted by atomic mass is 32.2. The van der Waals surface area contributed by atoms with Crippen LogP contribution in [0.5, 0.6) is 11.5 Å². The molecule has 6 nitrogen and oxygen atoms in total. The molecule has 1 aromatic rings. The molecule has 1 aliphatic heterocycles. The minimum atomic E-state index is -3.54. The monoisotopic (exact) mass is 341 g/mol. The standard InChI is InChI=1S/C16H23NO5S/c1-20-15-6-5-14(9-16(15)21-2)23(18,19)17(13-3-4-13)10-12-7-8-22-11-12/h5-6,9,12-13H,3-4,7-8,10-11H2,1-2H3. The average Bonchev–Trinajstić information content (AvgIpc) is 3.27. The van der Waals surface area contributed by atoms with Gasteiger partial charge in [0, 0.05) is 25.3 Å². The highest BCUT2D eigenvalue weighted by Crippen LogP contribution is 2.36. The summed E-state index contributed by atoms with van der Waals surface area (Å²) in [6.07, 6.45) is 2.78. The van der Waals surface area contributed by atoms with Gasteiger partial charge in [0.2, 0.25) is 10.0 Å². The quantitative estimate of drug-likeness (QED) is 0.758. The van der Waals surface area contributed by atoms with Crippen molar-refractivity contribution in [3.8, 4) is 11.5 Å². The first-order valence-electron chi connectivity index (χ1n) is 7.88. The van der Waals surface area contributed by atoms with Crippen LogP contribution >= 0.6 is 0 Å². The summed E-state index contributed by atoms with van der Waals surface area (Å²) < 4.78 is 43.6. The van der Waals surface area contributed by atoms with Crippen molar-refractivity contribution in [3.63, 3.8) is 0 Å². The molecule has 0 bridgehead atoms. The van der Waals surface area contributed by atoms with Gasteiger partial charge in [0.25, 0.3) is 0 Å². The van der Waals surface area contributed by atoms with Crippen LogP contribution < -0.4 is 9.47 Å². The molecule has 0 amide bonds. The molecule has 0 radical (unpaired) electrons. The van der Waals surface area contributed by atoms with E-state index >= 15 is 0 Å². The Morgan fingerprint density at radius 3 is 2.48 bits per heavy atom. The van der Waals surface area contributed by atoms with Crippen LogP contribution in [0.4, 0.5) is 0 Å². The Bertz CT molecular complexity index is 650. The highest BCUT2D eigenvalue weighted by Gasteiger charge is 2.40. The Hall–Kier alpha value is -1.31. The fourth-order valence-electron chi connectivity index (χ4n) is 2.90. The number of sulfonamides is 1.